The fourth-order valence-electron chi connectivity index (χ4n) is 4.34. The minimum Gasteiger partial charge on any atom is -0.487 e. The van der Waals surface area contributed by atoms with E-state index in [1.54, 1.807) is 18.2 Å². The van der Waals surface area contributed by atoms with Gasteiger partial charge in [-0.2, -0.15) is 4.31 Å². The molecule has 0 spiro atoms. The highest BCUT2D eigenvalue weighted by Crippen LogP contribution is 2.39. The van der Waals surface area contributed by atoms with Crippen molar-refractivity contribution in [3.8, 4) is 5.75 Å². The fourth-order valence-corrected chi connectivity index (χ4v) is 5.86. The average Bonchev–Trinajstić information content (AvgIpc) is 2.73. The van der Waals surface area contributed by atoms with E-state index in [1.807, 2.05) is 38.1 Å². The Balaban J connectivity index is 1.55. The predicted molar refractivity (Wildman–Crippen MR) is 120 cm³/mol. The van der Waals surface area contributed by atoms with Gasteiger partial charge in [0.2, 0.25) is 10.0 Å². The molecule has 1 saturated heterocycles. The molecule has 6 nitrogen and oxygen atoms in total. The van der Waals surface area contributed by atoms with Gasteiger partial charge in [-0.15, -0.1) is 0 Å². The third kappa shape index (κ3) is 4.62. The maximum absolute atomic E-state index is 13.1. The fraction of sp³-hybridized carbons (Fsp3) is 0.458. The summed E-state index contributed by atoms with van der Waals surface area (Å²) in [6.07, 6.45) is 2.34. The van der Waals surface area contributed by atoms with Crippen LogP contribution in [-0.2, 0) is 10.0 Å². The molecule has 166 valence electrons. The highest BCUT2D eigenvalue weighted by atomic mass is 32.2. The number of amides is 1. The average molecular weight is 443 g/mol. The minimum atomic E-state index is -3.61. The normalized spacial score (nSPS) is 21.7. The lowest BCUT2D eigenvalue weighted by Gasteiger charge is -2.37. The van der Waals surface area contributed by atoms with Crippen molar-refractivity contribution in [1.82, 2.24) is 9.62 Å². The second-order valence-electron chi connectivity index (χ2n) is 9.24. The van der Waals surface area contributed by atoms with Crippen LogP contribution < -0.4 is 10.1 Å². The molecule has 2 aromatic carbocycles. The standard InChI is InChI=1S/C24H30N2O4S/c1-17-11-13-26(14-12-17)31(28,29)19-8-6-7-18(15-19)23(27)25-21-16-24(2,3)30-22-10-5-4-9-20(21)22/h4-10,15,17,21H,11-14,16H2,1-3H3,(H,25,27)/t21-/m0/s1. The molecular weight excluding hydrogens is 412 g/mol. The summed E-state index contributed by atoms with van der Waals surface area (Å²) in [5, 5.41) is 3.08. The van der Waals surface area contributed by atoms with Gasteiger partial charge in [-0.3, -0.25) is 4.79 Å². The molecule has 1 fully saturated rings. The Hall–Kier alpha value is -2.38. The van der Waals surface area contributed by atoms with Crippen LogP contribution in [0.4, 0.5) is 0 Å². The maximum atomic E-state index is 13.1. The Kier molecular flexibility index (Phi) is 5.83. The molecule has 0 radical (unpaired) electrons. The number of sulfonamides is 1. The Labute approximate surface area is 184 Å². The summed E-state index contributed by atoms with van der Waals surface area (Å²) >= 11 is 0. The van der Waals surface area contributed by atoms with Crippen molar-refractivity contribution in [2.75, 3.05) is 13.1 Å². The van der Waals surface area contributed by atoms with E-state index >= 15 is 0 Å². The Morgan fingerprint density at radius 2 is 1.81 bits per heavy atom. The largest absolute Gasteiger partial charge is 0.487 e. The van der Waals surface area contributed by atoms with Crippen LogP contribution in [0.3, 0.4) is 0 Å². The number of hydrogen-bond donors (Lipinski definition) is 1. The molecular formula is C24H30N2O4S. The molecule has 0 bridgehead atoms. The van der Waals surface area contributed by atoms with E-state index in [0.717, 1.165) is 24.2 Å². The summed E-state index contributed by atoms with van der Waals surface area (Å²) in [6.45, 7) is 7.18. The van der Waals surface area contributed by atoms with E-state index in [-0.39, 0.29) is 16.8 Å². The summed E-state index contributed by atoms with van der Waals surface area (Å²) in [4.78, 5) is 13.2. The second-order valence-corrected chi connectivity index (χ2v) is 11.2. The first-order valence-electron chi connectivity index (χ1n) is 10.8. The van der Waals surface area contributed by atoms with Crippen molar-refractivity contribution in [1.29, 1.82) is 0 Å². The number of fused-ring (bicyclic) bond motifs is 1. The van der Waals surface area contributed by atoms with E-state index in [2.05, 4.69) is 12.2 Å². The van der Waals surface area contributed by atoms with Crippen molar-refractivity contribution in [3.63, 3.8) is 0 Å². The molecule has 4 rings (SSSR count). The number of piperidine rings is 1. The number of hydrogen-bond acceptors (Lipinski definition) is 4. The van der Waals surface area contributed by atoms with Gasteiger partial charge < -0.3 is 10.1 Å². The topological polar surface area (TPSA) is 75.7 Å². The molecule has 1 atom stereocenters. The molecule has 0 aliphatic carbocycles. The number of rotatable bonds is 4. The van der Waals surface area contributed by atoms with Gasteiger partial charge in [-0.1, -0.05) is 31.2 Å². The number of ether oxygens (including phenoxy) is 1. The highest BCUT2D eigenvalue weighted by Gasteiger charge is 2.35. The highest BCUT2D eigenvalue weighted by molar-refractivity contribution is 7.89. The van der Waals surface area contributed by atoms with Crippen molar-refractivity contribution >= 4 is 15.9 Å². The van der Waals surface area contributed by atoms with Gasteiger partial charge in [0.1, 0.15) is 11.4 Å². The molecule has 2 aliphatic heterocycles. The molecule has 0 unspecified atom stereocenters. The van der Waals surface area contributed by atoms with Gasteiger partial charge in [0.15, 0.2) is 0 Å². The smallest absolute Gasteiger partial charge is 0.251 e. The van der Waals surface area contributed by atoms with Gasteiger partial charge in [0.25, 0.3) is 5.91 Å². The molecule has 0 saturated carbocycles. The van der Waals surface area contributed by atoms with Crippen LogP contribution in [0.1, 0.15) is 62.0 Å². The van der Waals surface area contributed by atoms with Gasteiger partial charge in [0.05, 0.1) is 10.9 Å². The lowest BCUT2D eigenvalue weighted by Crippen LogP contribution is -2.41. The molecule has 1 amide bonds. The van der Waals surface area contributed by atoms with Crippen molar-refractivity contribution in [2.24, 2.45) is 5.92 Å². The predicted octanol–water partition coefficient (Wildman–Crippen LogP) is 4.14. The van der Waals surface area contributed by atoms with Gasteiger partial charge in [0, 0.05) is 30.6 Å². The first-order valence-corrected chi connectivity index (χ1v) is 12.3. The lowest BCUT2D eigenvalue weighted by atomic mass is 9.89. The van der Waals surface area contributed by atoms with Crippen molar-refractivity contribution in [2.45, 2.75) is 56.6 Å². The summed E-state index contributed by atoms with van der Waals surface area (Å²) < 4.78 is 33.7. The van der Waals surface area contributed by atoms with Crippen molar-refractivity contribution in [3.05, 3.63) is 59.7 Å². The number of nitrogens with zero attached hydrogens (tertiary/aromatic N) is 1. The van der Waals surface area contributed by atoms with Gasteiger partial charge in [-0.05, 0) is 56.9 Å². The second kappa shape index (κ2) is 8.28. The Morgan fingerprint density at radius 3 is 2.55 bits per heavy atom. The van der Waals surface area contributed by atoms with Crippen LogP contribution in [0, 0.1) is 5.92 Å². The van der Waals surface area contributed by atoms with Crippen LogP contribution >= 0.6 is 0 Å². The van der Waals surface area contributed by atoms with Crippen LogP contribution in [0.15, 0.2) is 53.4 Å². The summed E-state index contributed by atoms with van der Waals surface area (Å²) in [6, 6.07) is 13.8. The van der Waals surface area contributed by atoms with Crippen LogP contribution in [0.2, 0.25) is 0 Å². The third-order valence-corrected chi connectivity index (χ3v) is 8.05. The molecule has 0 aromatic heterocycles. The lowest BCUT2D eigenvalue weighted by molar-refractivity contribution is 0.0619. The first-order chi connectivity index (χ1) is 14.7. The summed E-state index contributed by atoms with van der Waals surface area (Å²) in [5.41, 5.74) is 0.859. The zero-order valence-electron chi connectivity index (χ0n) is 18.3. The van der Waals surface area contributed by atoms with E-state index in [1.165, 1.54) is 10.4 Å². The molecule has 1 N–H and O–H groups in total. The number of carbonyl (C=O) groups excluding carboxylic acids is 1. The molecule has 2 heterocycles. The van der Waals surface area contributed by atoms with E-state index in [4.69, 9.17) is 4.74 Å². The third-order valence-electron chi connectivity index (χ3n) is 6.16. The zero-order chi connectivity index (χ0) is 22.2. The Morgan fingerprint density at radius 1 is 1.10 bits per heavy atom. The minimum absolute atomic E-state index is 0.169. The monoisotopic (exact) mass is 442 g/mol. The number of para-hydroxylation sites is 1. The summed E-state index contributed by atoms with van der Waals surface area (Å²) in [7, 11) is -3.61. The van der Waals surface area contributed by atoms with Crippen LogP contribution in [0.25, 0.3) is 0 Å². The molecule has 2 aromatic rings. The SMILES string of the molecule is CC1CCN(S(=O)(=O)c2cccc(C(=O)N[C@H]3CC(C)(C)Oc4ccccc43)c2)CC1. The number of carbonyl (C=O) groups is 1. The number of nitrogens with one attached hydrogen (secondary N) is 1. The maximum Gasteiger partial charge on any atom is 0.251 e. The quantitative estimate of drug-likeness (QED) is 0.772. The van der Waals surface area contributed by atoms with Gasteiger partial charge in [-0.25, -0.2) is 8.42 Å². The van der Waals surface area contributed by atoms with E-state index in [9.17, 15) is 13.2 Å². The Bertz CT molecular complexity index is 1070. The molecule has 7 heteroatoms. The van der Waals surface area contributed by atoms with E-state index in [0.29, 0.717) is 31.0 Å². The molecule has 2 aliphatic rings. The first kappa shape index (κ1) is 21.8. The van der Waals surface area contributed by atoms with Crippen molar-refractivity contribution < 1.29 is 17.9 Å². The van der Waals surface area contributed by atoms with Crippen LogP contribution in [-0.4, -0.2) is 37.3 Å². The number of benzene rings is 2. The van der Waals surface area contributed by atoms with Crippen LogP contribution in [0.5, 0.6) is 5.75 Å². The van der Waals surface area contributed by atoms with E-state index < -0.39 is 15.6 Å². The summed E-state index contributed by atoms with van der Waals surface area (Å²) in [5.74, 6) is 1.01. The van der Waals surface area contributed by atoms with Gasteiger partial charge >= 0.3 is 0 Å². The zero-order valence-corrected chi connectivity index (χ0v) is 19.1. The molecule has 31 heavy (non-hydrogen) atoms.